The van der Waals surface area contributed by atoms with Gasteiger partial charge in [-0.15, -0.1) is 5.10 Å². The van der Waals surface area contributed by atoms with Gasteiger partial charge in [0.05, 0.1) is 5.25 Å². The predicted molar refractivity (Wildman–Crippen MR) is 82.4 cm³/mol. The Bertz CT molecular complexity index is 669. The third-order valence-electron chi connectivity index (χ3n) is 2.84. The van der Waals surface area contributed by atoms with Gasteiger partial charge in [-0.25, -0.2) is 0 Å². The lowest BCUT2D eigenvalue weighted by molar-refractivity contribution is -0.115. The molecule has 0 fully saturated rings. The van der Waals surface area contributed by atoms with Gasteiger partial charge < -0.3 is 5.32 Å². The summed E-state index contributed by atoms with van der Waals surface area (Å²) in [7, 11) is 0. The third kappa shape index (κ3) is 4.42. The van der Waals surface area contributed by atoms with Crippen molar-refractivity contribution < 1.29 is 4.79 Å². The molecule has 0 spiro atoms. The molecule has 1 amide bonds. The number of H-pyrrole nitrogens is 1. The van der Waals surface area contributed by atoms with E-state index in [0.29, 0.717) is 5.16 Å². The molecule has 2 rings (SSSR count). The lowest BCUT2D eigenvalue weighted by Gasteiger charge is -2.11. The van der Waals surface area contributed by atoms with Gasteiger partial charge in [-0.2, -0.15) is 5.10 Å². The molecule has 7 heteroatoms. The Morgan fingerprint density at radius 1 is 1.38 bits per heavy atom. The van der Waals surface area contributed by atoms with E-state index in [0.717, 1.165) is 30.1 Å². The number of rotatable bonds is 5. The SMILES string of the molecule is CCc1ccc(NC(=O)[C@H](C)Sc2nncc(=O)[nH]2)cc1. The number of amides is 1. The van der Waals surface area contributed by atoms with Gasteiger partial charge in [0, 0.05) is 5.69 Å². The quantitative estimate of drug-likeness (QED) is 0.823. The molecule has 2 N–H and O–H groups in total. The number of carbonyl (C=O) groups excluding carboxylic acids is 1. The minimum Gasteiger partial charge on any atom is -0.325 e. The molecule has 0 aliphatic rings. The van der Waals surface area contributed by atoms with Crippen LogP contribution in [0.2, 0.25) is 0 Å². The van der Waals surface area contributed by atoms with Gasteiger partial charge in [-0.05, 0) is 31.0 Å². The molecular weight excluding hydrogens is 288 g/mol. The molecule has 1 atom stereocenters. The van der Waals surface area contributed by atoms with E-state index in [1.165, 1.54) is 5.56 Å². The van der Waals surface area contributed by atoms with Crippen LogP contribution in [0.5, 0.6) is 0 Å². The van der Waals surface area contributed by atoms with E-state index in [1.807, 2.05) is 24.3 Å². The molecular formula is C14H16N4O2S. The highest BCUT2D eigenvalue weighted by Gasteiger charge is 2.16. The van der Waals surface area contributed by atoms with Crippen molar-refractivity contribution in [1.82, 2.24) is 15.2 Å². The molecule has 1 aromatic carbocycles. The lowest BCUT2D eigenvalue weighted by atomic mass is 10.1. The molecule has 6 nitrogen and oxygen atoms in total. The molecule has 1 aromatic heterocycles. The molecule has 0 saturated carbocycles. The maximum Gasteiger partial charge on any atom is 0.270 e. The van der Waals surface area contributed by atoms with Gasteiger partial charge in [-0.3, -0.25) is 14.6 Å². The van der Waals surface area contributed by atoms with Gasteiger partial charge in [0.2, 0.25) is 5.91 Å². The number of benzene rings is 1. The molecule has 0 aliphatic heterocycles. The summed E-state index contributed by atoms with van der Waals surface area (Å²) in [5, 5.41) is 10.1. The molecule has 0 unspecified atom stereocenters. The van der Waals surface area contributed by atoms with Crippen molar-refractivity contribution in [3.63, 3.8) is 0 Å². The number of nitrogens with one attached hydrogen (secondary N) is 2. The first-order valence-corrected chi connectivity index (χ1v) is 7.45. The zero-order valence-electron chi connectivity index (χ0n) is 11.8. The molecule has 0 bridgehead atoms. The summed E-state index contributed by atoms with van der Waals surface area (Å²) in [6.07, 6.45) is 2.05. The van der Waals surface area contributed by atoms with E-state index in [1.54, 1.807) is 6.92 Å². The number of aryl methyl sites for hydroxylation is 1. The van der Waals surface area contributed by atoms with Crippen LogP contribution >= 0.6 is 11.8 Å². The topological polar surface area (TPSA) is 87.7 Å². The zero-order chi connectivity index (χ0) is 15.2. The highest BCUT2D eigenvalue weighted by atomic mass is 32.2. The van der Waals surface area contributed by atoms with Crippen LogP contribution in [-0.4, -0.2) is 26.3 Å². The van der Waals surface area contributed by atoms with Crippen molar-refractivity contribution in [2.24, 2.45) is 0 Å². The summed E-state index contributed by atoms with van der Waals surface area (Å²) < 4.78 is 0. The van der Waals surface area contributed by atoms with Gasteiger partial charge in [-0.1, -0.05) is 30.8 Å². The largest absolute Gasteiger partial charge is 0.325 e. The highest BCUT2D eigenvalue weighted by molar-refractivity contribution is 8.00. The van der Waals surface area contributed by atoms with E-state index < -0.39 is 5.25 Å². The fraction of sp³-hybridized carbons (Fsp3) is 0.286. The van der Waals surface area contributed by atoms with Gasteiger partial charge in [0.1, 0.15) is 6.20 Å². The lowest BCUT2D eigenvalue weighted by Crippen LogP contribution is -2.23. The van der Waals surface area contributed by atoms with Gasteiger partial charge >= 0.3 is 0 Å². The second-order valence-corrected chi connectivity index (χ2v) is 5.77. The van der Waals surface area contributed by atoms with Crippen molar-refractivity contribution >= 4 is 23.4 Å². The number of carbonyl (C=O) groups is 1. The van der Waals surface area contributed by atoms with E-state index in [-0.39, 0.29) is 11.5 Å². The predicted octanol–water partition coefficient (Wildman–Crippen LogP) is 1.85. The fourth-order valence-electron chi connectivity index (χ4n) is 1.64. The Balaban J connectivity index is 1.97. The number of nitrogens with zero attached hydrogens (tertiary/aromatic N) is 2. The van der Waals surface area contributed by atoms with Crippen LogP contribution in [0.3, 0.4) is 0 Å². The van der Waals surface area contributed by atoms with Gasteiger partial charge in [0.25, 0.3) is 5.56 Å². The Morgan fingerprint density at radius 3 is 2.71 bits per heavy atom. The Labute approximate surface area is 126 Å². The average Bonchev–Trinajstić information content (AvgIpc) is 2.48. The van der Waals surface area contributed by atoms with Crippen LogP contribution in [0, 0.1) is 0 Å². The van der Waals surface area contributed by atoms with E-state index in [9.17, 15) is 9.59 Å². The molecule has 0 saturated heterocycles. The van der Waals surface area contributed by atoms with Gasteiger partial charge in [0.15, 0.2) is 5.16 Å². The molecule has 2 aromatic rings. The summed E-state index contributed by atoms with van der Waals surface area (Å²) in [6, 6.07) is 7.71. The number of hydrogen-bond acceptors (Lipinski definition) is 5. The number of aromatic amines is 1. The normalized spacial score (nSPS) is 11.9. The number of hydrogen-bond donors (Lipinski definition) is 2. The van der Waals surface area contributed by atoms with Crippen molar-refractivity contribution in [2.45, 2.75) is 30.7 Å². The first-order chi connectivity index (χ1) is 10.1. The van der Waals surface area contributed by atoms with Crippen molar-refractivity contribution in [3.05, 3.63) is 46.4 Å². The van der Waals surface area contributed by atoms with E-state index in [4.69, 9.17) is 0 Å². The first-order valence-electron chi connectivity index (χ1n) is 6.57. The molecule has 1 heterocycles. The zero-order valence-corrected chi connectivity index (χ0v) is 12.6. The smallest absolute Gasteiger partial charge is 0.270 e. The third-order valence-corrected chi connectivity index (χ3v) is 3.82. The molecule has 21 heavy (non-hydrogen) atoms. The highest BCUT2D eigenvalue weighted by Crippen LogP contribution is 2.19. The van der Waals surface area contributed by atoms with Crippen LogP contribution in [0.25, 0.3) is 0 Å². The van der Waals surface area contributed by atoms with Crippen LogP contribution in [0.4, 0.5) is 5.69 Å². The van der Waals surface area contributed by atoms with E-state index in [2.05, 4.69) is 27.4 Å². The monoisotopic (exact) mass is 304 g/mol. The Morgan fingerprint density at radius 2 is 2.10 bits per heavy atom. The summed E-state index contributed by atoms with van der Waals surface area (Å²) in [5.74, 6) is -0.157. The fourth-order valence-corrected chi connectivity index (χ4v) is 2.39. The van der Waals surface area contributed by atoms with Crippen LogP contribution in [0.1, 0.15) is 19.4 Å². The summed E-state index contributed by atoms with van der Waals surface area (Å²) >= 11 is 1.15. The van der Waals surface area contributed by atoms with Crippen molar-refractivity contribution in [1.29, 1.82) is 0 Å². The molecule has 0 radical (unpaired) electrons. The minimum absolute atomic E-state index is 0.157. The molecule has 0 aliphatic carbocycles. The second-order valence-electron chi connectivity index (χ2n) is 4.44. The Kier molecular flexibility index (Phi) is 5.10. The van der Waals surface area contributed by atoms with E-state index >= 15 is 0 Å². The van der Waals surface area contributed by atoms with Crippen LogP contribution in [0.15, 0.2) is 40.4 Å². The maximum atomic E-state index is 12.1. The average molecular weight is 304 g/mol. The second kappa shape index (κ2) is 7.03. The number of anilines is 1. The molecule has 110 valence electrons. The summed E-state index contributed by atoms with van der Waals surface area (Å²) in [5.41, 5.74) is 1.63. The summed E-state index contributed by atoms with van der Waals surface area (Å²) in [6.45, 7) is 3.82. The summed E-state index contributed by atoms with van der Waals surface area (Å²) in [4.78, 5) is 25.7. The van der Waals surface area contributed by atoms with Crippen LogP contribution < -0.4 is 10.9 Å². The van der Waals surface area contributed by atoms with Crippen LogP contribution in [-0.2, 0) is 11.2 Å². The maximum absolute atomic E-state index is 12.1. The van der Waals surface area contributed by atoms with Crippen molar-refractivity contribution in [3.8, 4) is 0 Å². The number of thioether (sulfide) groups is 1. The van der Waals surface area contributed by atoms with Crippen molar-refractivity contribution in [2.75, 3.05) is 5.32 Å². The number of aromatic nitrogens is 3. The first kappa shape index (κ1) is 15.2. The Hall–Kier alpha value is -2.15. The standard InChI is InChI=1S/C14H16N4O2S/c1-3-10-4-6-11(7-5-10)16-13(20)9(2)21-14-17-12(19)8-15-18-14/h4-9H,3H2,1-2H3,(H,16,20)(H,17,18,19)/t9-/m0/s1. The minimum atomic E-state index is -0.400.